The quantitative estimate of drug-likeness (QED) is 0.514. The van der Waals surface area contributed by atoms with Gasteiger partial charge in [-0.1, -0.05) is 44.5 Å². The van der Waals surface area contributed by atoms with Crippen LogP contribution in [0.15, 0.2) is 29.3 Å². The first-order chi connectivity index (χ1) is 16.4. The predicted molar refractivity (Wildman–Crippen MR) is 136 cm³/mol. The number of aliphatic hydroxyl groups is 2. The molecule has 1 aromatic carbocycles. The molecule has 0 spiro atoms. The summed E-state index contributed by atoms with van der Waals surface area (Å²) in [5.74, 6) is -1.78. The fraction of sp³-hybridized carbons (Fsp3) is 0.577. The van der Waals surface area contributed by atoms with Crippen LogP contribution in [0.2, 0.25) is 0 Å². The van der Waals surface area contributed by atoms with Crippen LogP contribution in [0.5, 0.6) is 0 Å². The molecule has 0 unspecified atom stereocenters. The summed E-state index contributed by atoms with van der Waals surface area (Å²) in [5, 5.41) is 22.9. The van der Waals surface area contributed by atoms with Gasteiger partial charge in [-0.25, -0.2) is 4.98 Å². The molecule has 2 N–H and O–H groups in total. The summed E-state index contributed by atoms with van der Waals surface area (Å²) in [7, 11) is 0. The predicted octanol–water partition coefficient (Wildman–Crippen LogP) is 4.85. The Kier molecular flexibility index (Phi) is 9.10. The molecular weight excluding hydrogens is 490 g/mol. The van der Waals surface area contributed by atoms with Gasteiger partial charge < -0.3 is 19.7 Å². The van der Waals surface area contributed by atoms with E-state index in [1.807, 2.05) is 25.1 Å². The van der Waals surface area contributed by atoms with Gasteiger partial charge in [0.2, 0.25) is 0 Å². The lowest BCUT2D eigenvalue weighted by molar-refractivity contribution is -0.156. The molecule has 35 heavy (non-hydrogen) atoms. The number of fused-ring (bicyclic) bond motifs is 1. The van der Waals surface area contributed by atoms with Crippen molar-refractivity contribution in [3.8, 4) is 0 Å². The Hall–Kier alpha value is -1.84. The fourth-order valence-corrected chi connectivity index (χ4v) is 5.20. The zero-order chi connectivity index (χ0) is 25.9. The Morgan fingerprint density at radius 2 is 1.91 bits per heavy atom. The topological polar surface area (TPSA) is 106 Å². The summed E-state index contributed by atoms with van der Waals surface area (Å²) in [6.45, 7) is 8.64. The van der Waals surface area contributed by atoms with E-state index in [4.69, 9.17) is 21.1 Å². The Balaban J connectivity index is 1.91. The Labute approximate surface area is 215 Å². The van der Waals surface area contributed by atoms with Crippen molar-refractivity contribution in [2.24, 2.45) is 11.3 Å². The van der Waals surface area contributed by atoms with E-state index >= 15 is 0 Å². The highest BCUT2D eigenvalue weighted by Crippen LogP contribution is 2.33. The van der Waals surface area contributed by atoms with Gasteiger partial charge in [-0.3, -0.25) is 9.59 Å². The summed E-state index contributed by atoms with van der Waals surface area (Å²) in [4.78, 5) is 30.5. The number of aryl methyl sites for hydroxylation is 1. The van der Waals surface area contributed by atoms with E-state index in [2.05, 4.69) is 4.98 Å². The summed E-state index contributed by atoms with van der Waals surface area (Å²) in [5.41, 5.74) is 0.320. The molecule has 3 rings (SSSR count). The number of aromatic nitrogens is 1. The molecule has 2 heterocycles. The molecule has 2 aromatic rings. The van der Waals surface area contributed by atoms with Crippen LogP contribution >= 0.6 is 22.9 Å². The Bertz CT molecular complexity index is 1100. The molecule has 7 nitrogen and oxygen atoms in total. The third-order valence-corrected chi connectivity index (χ3v) is 7.97. The van der Waals surface area contributed by atoms with E-state index in [0.717, 1.165) is 20.8 Å². The minimum atomic E-state index is -1.29. The molecule has 0 saturated heterocycles. The molecule has 1 aliphatic rings. The number of esters is 1. The number of carbonyl (C=O) groups excluding carboxylic acids is 2. The maximum Gasteiger partial charge on any atom is 0.309 e. The summed E-state index contributed by atoms with van der Waals surface area (Å²) in [6, 6.07) is 5.75. The van der Waals surface area contributed by atoms with Crippen molar-refractivity contribution in [2.75, 3.05) is 6.61 Å². The second kappa shape index (κ2) is 11.5. The van der Waals surface area contributed by atoms with Gasteiger partial charge in [0, 0.05) is 23.8 Å². The molecule has 192 valence electrons. The first kappa shape index (κ1) is 27.7. The number of halogens is 1. The second-order valence-electron chi connectivity index (χ2n) is 9.74. The van der Waals surface area contributed by atoms with Crippen molar-refractivity contribution >= 4 is 44.9 Å². The Morgan fingerprint density at radius 1 is 1.20 bits per heavy atom. The third-order valence-electron chi connectivity index (χ3n) is 6.67. The van der Waals surface area contributed by atoms with Crippen molar-refractivity contribution in [3.63, 3.8) is 0 Å². The van der Waals surface area contributed by atoms with Crippen LogP contribution in [-0.2, 0) is 19.1 Å². The number of Topliss-reactive ketones (excluding diaryl/α,β-unsaturated/α-hetero) is 1. The highest BCUT2D eigenvalue weighted by molar-refractivity contribution is 7.18. The minimum absolute atomic E-state index is 0.259. The van der Waals surface area contributed by atoms with Crippen LogP contribution in [-0.4, -0.2) is 51.9 Å². The largest absolute Gasteiger partial charge is 0.457 e. The van der Waals surface area contributed by atoms with E-state index in [9.17, 15) is 19.8 Å². The van der Waals surface area contributed by atoms with E-state index in [1.165, 1.54) is 0 Å². The van der Waals surface area contributed by atoms with Crippen molar-refractivity contribution in [1.82, 2.24) is 4.98 Å². The van der Waals surface area contributed by atoms with Gasteiger partial charge in [0.25, 0.3) is 0 Å². The van der Waals surface area contributed by atoms with E-state index in [1.54, 1.807) is 45.1 Å². The van der Waals surface area contributed by atoms with Gasteiger partial charge in [0.1, 0.15) is 11.9 Å². The molecule has 0 aliphatic carbocycles. The highest BCUT2D eigenvalue weighted by Gasteiger charge is 2.42. The van der Waals surface area contributed by atoms with Crippen molar-refractivity contribution < 1.29 is 29.3 Å². The number of ether oxygens (including phenoxy) is 2. The number of cyclic esters (lactones) is 1. The molecule has 1 aliphatic heterocycles. The van der Waals surface area contributed by atoms with Crippen LogP contribution in [0.1, 0.15) is 63.6 Å². The normalized spacial score (nSPS) is 31.1. The van der Waals surface area contributed by atoms with Gasteiger partial charge in [-0.05, 0) is 31.5 Å². The molecule has 0 bridgehead atoms. The smallest absolute Gasteiger partial charge is 0.309 e. The molecule has 0 saturated carbocycles. The highest BCUT2D eigenvalue weighted by atomic mass is 35.5. The lowest BCUT2D eigenvalue weighted by Crippen LogP contribution is -2.47. The first-order valence-electron chi connectivity index (χ1n) is 11.8. The number of nitrogens with zero attached hydrogens (tertiary/aromatic N) is 1. The van der Waals surface area contributed by atoms with Crippen molar-refractivity contribution in [1.29, 1.82) is 0 Å². The van der Waals surface area contributed by atoms with E-state index < -0.39 is 41.7 Å². The zero-order valence-corrected chi connectivity index (χ0v) is 22.4. The first-order valence-corrected chi connectivity index (χ1v) is 13.0. The summed E-state index contributed by atoms with van der Waals surface area (Å²) < 4.78 is 12.6. The van der Waals surface area contributed by atoms with Gasteiger partial charge >= 0.3 is 5.97 Å². The summed E-state index contributed by atoms with van der Waals surface area (Å²) in [6.07, 6.45) is -1.43. The molecule has 0 radical (unpaired) electrons. The van der Waals surface area contributed by atoms with E-state index in [0.29, 0.717) is 17.9 Å². The maximum atomic E-state index is 13.1. The maximum absolute atomic E-state index is 13.1. The van der Waals surface area contributed by atoms with Crippen molar-refractivity contribution in [3.05, 3.63) is 39.9 Å². The fourth-order valence-electron chi connectivity index (χ4n) is 4.22. The van der Waals surface area contributed by atoms with Gasteiger partial charge in [-0.15, -0.1) is 11.3 Å². The third kappa shape index (κ3) is 6.68. The number of hydrogen-bond acceptors (Lipinski definition) is 8. The van der Waals surface area contributed by atoms with Gasteiger partial charge in [-0.2, -0.15) is 0 Å². The summed E-state index contributed by atoms with van der Waals surface area (Å²) >= 11 is 7.99. The van der Waals surface area contributed by atoms with E-state index in [-0.39, 0.29) is 18.8 Å². The number of thiazole rings is 1. The number of aliphatic hydroxyl groups excluding tert-OH is 2. The Morgan fingerprint density at radius 3 is 2.63 bits per heavy atom. The van der Waals surface area contributed by atoms with Crippen LogP contribution in [0.3, 0.4) is 0 Å². The molecule has 0 amide bonds. The van der Waals surface area contributed by atoms with Crippen LogP contribution in [0, 0.1) is 18.3 Å². The lowest BCUT2D eigenvalue weighted by Gasteiger charge is -2.34. The van der Waals surface area contributed by atoms with Crippen LogP contribution < -0.4 is 0 Å². The standard InChI is InChI=1S/C26H34ClNO6S/c1-14-24(31)15(2)33-11-10-18(27)7-8-20(17-6-9-21-19(12-17)28-16(3)35-21)34-23(30)13-22(29)26(4,5)25(14)32/h6-7,9,12,14-15,20,22,24,29,31H,8,10-11,13H2,1-5H3/b18-7-/t14-,15+,20+,22+,24+/m1/s1. The molecular formula is C26H34ClNO6S. The number of rotatable bonds is 1. The molecule has 0 fully saturated rings. The average molecular weight is 524 g/mol. The molecule has 5 atom stereocenters. The van der Waals surface area contributed by atoms with Crippen LogP contribution in [0.25, 0.3) is 10.2 Å². The number of hydrogen-bond donors (Lipinski definition) is 2. The average Bonchev–Trinajstić information content (AvgIpc) is 3.18. The number of ketones is 1. The number of carbonyl (C=O) groups is 2. The number of benzene rings is 1. The van der Waals surface area contributed by atoms with Crippen LogP contribution in [0.4, 0.5) is 0 Å². The SMILES string of the molecule is Cc1nc2cc([C@@H]3C/C=C(\Cl)CCO[C@@H](C)[C@@H](O)[C@@H](C)C(=O)C(C)(C)[C@@H](O)CC(=O)O3)ccc2s1. The van der Waals surface area contributed by atoms with Gasteiger partial charge in [0.15, 0.2) is 0 Å². The van der Waals surface area contributed by atoms with Crippen molar-refractivity contribution in [2.45, 2.75) is 78.3 Å². The minimum Gasteiger partial charge on any atom is -0.457 e. The lowest BCUT2D eigenvalue weighted by atomic mass is 9.74. The molecule has 1 aromatic heterocycles. The molecule has 9 heteroatoms. The second-order valence-corrected chi connectivity index (χ2v) is 11.5. The zero-order valence-electron chi connectivity index (χ0n) is 20.8. The van der Waals surface area contributed by atoms with Gasteiger partial charge in [0.05, 0.1) is 52.0 Å². The monoisotopic (exact) mass is 523 g/mol.